The van der Waals surface area contributed by atoms with Gasteiger partial charge in [0.05, 0.1) is 6.04 Å². The Kier molecular flexibility index (Phi) is 3.95. The van der Waals surface area contributed by atoms with E-state index >= 15 is 0 Å². The zero-order valence-electron chi connectivity index (χ0n) is 12.4. The smallest absolute Gasteiger partial charge is 0.268 e. The molecule has 0 spiro atoms. The second-order valence-electron chi connectivity index (χ2n) is 5.57. The fourth-order valence-corrected chi connectivity index (χ4v) is 3.91. The Bertz CT molecular complexity index is 889. The molecule has 0 saturated carbocycles. The highest BCUT2D eigenvalue weighted by molar-refractivity contribution is 7.89. The lowest BCUT2D eigenvalue weighted by Gasteiger charge is -2.15. The minimum Gasteiger partial charge on any atom is -0.344 e. The van der Waals surface area contributed by atoms with Gasteiger partial charge in [-0.15, -0.1) is 0 Å². The van der Waals surface area contributed by atoms with Crippen LogP contribution in [0.4, 0.5) is 0 Å². The van der Waals surface area contributed by atoms with Gasteiger partial charge in [0.25, 0.3) is 15.9 Å². The van der Waals surface area contributed by atoms with Crippen molar-refractivity contribution in [1.29, 1.82) is 0 Å². The summed E-state index contributed by atoms with van der Waals surface area (Å²) in [6.45, 7) is 0. The van der Waals surface area contributed by atoms with Crippen LogP contribution in [0.5, 0.6) is 0 Å². The molecule has 23 heavy (non-hydrogen) atoms. The Morgan fingerprint density at radius 2 is 2.09 bits per heavy atom. The molecule has 122 valence electrons. The fraction of sp³-hybridized carbons (Fsp3) is 0.267. The highest BCUT2D eigenvalue weighted by Crippen LogP contribution is 2.33. The quantitative estimate of drug-likeness (QED) is 0.880. The maximum absolute atomic E-state index is 12.4. The van der Waals surface area contributed by atoms with Gasteiger partial charge >= 0.3 is 0 Å². The number of aromatic nitrogens is 1. The van der Waals surface area contributed by atoms with Gasteiger partial charge in [0.1, 0.15) is 5.69 Å². The molecule has 1 unspecified atom stereocenters. The van der Waals surface area contributed by atoms with Crippen molar-refractivity contribution < 1.29 is 13.2 Å². The number of sulfonamides is 1. The van der Waals surface area contributed by atoms with E-state index in [1.165, 1.54) is 23.7 Å². The van der Waals surface area contributed by atoms with Crippen molar-refractivity contribution in [1.82, 2.24) is 9.88 Å². The molecule has 1 aliphatic carbocycles. The minimum absolute atomic E-state index is 0.0961. The first-order chi connectivity index (χ1) is 10.8. The van der Waals surface area contributed by atoms with Gasteiger partial charge in [-0.25, -0.2) is 13.6 Å². The number of carbonyl (C=O) groups is 1. The zero-order chi connectivity index (χ0) is 16.8. The van der Waals surface area contributed by atoms with E-state index in [4.69, 9.17) is 16.7 Å². The Labute approximate surface area is 139 Å². The molecule has 6 nitrogen and oxygen atoms in total. The van der Waals surface area contributed by atoms with E-state index in [2.05, 4.69) is 5.32 Å². The lowest BCUT2D eigenvalue weighted by Crippen LogP contribution is -2.29. The van der Waals surface area contributed by atoms with Crippen LogP contribution >= 0.6 is 11.6 Å². The Morgan fingerprint density at radius 1 is 1.35 bits per heavy atom. The molecule has 0 saturated heterocycles. The van der Waals surface area contributed by atoms with Gasteiger partial charge in [-0.05, 0) is 48.2 Å². The summed E-state index contributed by atoms with van der Waals surface area (Å²) in [7, 11) is -2.36. The van der Waals surface area contributed by atoms with Crippen LogP contribution in [0.15, 0.2) is 35.4 Å². The van der Waals surface area contributed by atoms with Crippen molar-refractivity contribution in [3.8, 4) is 0 Å². The molecule has 0 aliphatic heterocycles. The summed E-state index contributed by atoms with van der Waals surface area (Å²) >= 11 is 5.98. The van der Waals surface area contributed by atoms with E-state index in [1.807, 2.05) is 12.1 Å². The van der Waals surface area contributed by atoms with Crippen LogP contribution in [0.2, 0.25) is 5.02 Å². The molecule has 8 heteroatoms. The van der Waals surface area contributed by atoms with E-state index in [0.717, 1.165) is 24.0 Å². The molecule has 0 radical (unpaired) electrons. The summed E-state index contributed by atoms with van der Waals surface area (Å²) in [4.78, 5) is 12.4. The summed E-state index contributed by atoms with van der Waals surface area (Å²) in [6, 6.07) is 8.29. The number of primary sulfonamides is 1. The monoisotopic (exact) mass is 353 g/mol. The summed E-state index contributed by atoms with van der Waals surface area (Å²) < 4.78 is 24.2. The fourth-order valence-electron chi connectivity index (χ4n) is 2.97. The summed E-state index contributed by atoms with van der Waals surface area (Å²) in [5.41, 5.74) is 2.42. The number of halogens is 1. The topological polar surface area (TPSA) is 94.2 Å². The Hall–Kier alpha value is -1.83. The predicted molar refractivity (Wildman–Crippen MR) is 86.8 cm³/mol. The highest BCUT2D eigenvalue weighted by atomic mass is 35.5. The molecular weight excluding hydrogens is 338 g/mol. The van der Waals surface area contributed by atoms with Gasteiger partial charge in [0.15, 0.2) is 5.03 Å². The van der Waals surface area contributed by atoms with E-state index in [1.54, 1.807) is 6.07 Å². The first-order valence-electron chi connectivity index (χ1n) is 7.05. The van der Waals surface area contributed by atoms with Crippen molar-refractivity contribution >= 4 is 27.5 Å². The van der Waals surface area contributed by atoms with Crippen molar-refractivity contribution in [3.63, 3.8) is 0 Å². The third-order valence-electron chi connectivity index (χ3n) is 4.09. The molecule has 1 atom stereocenters. The molecule has 1 aromatic heterocycles. The molecular formula is C15H16ClN3O3S. The Balaban J connectivity index is 1.84. The summed E-state index contributed by atoms with van der Waals surface area (Å²) in [6.07, 6.45) is 1.63. The summed E-state index contributed by atoms with van der Waals surface area (Å²) in [5.74, 6) is -0.338. The van der Waals surface area contributed by atoms with Gasteiger partial charge < -0.3 is 9.88 Å². The van der Waals surface area contributed by atoms with E-state index in [-0.39, 0.29) is 22.7 Å². The average molecular weight is 354 g/mol. The van der Waals surface area contributed by atoms with Crippen LogP contribution in [0, 0.1) is 0 Å². The third-order valence-corrected chi connectivity index (χ3v) is 5.32. The van der Waals surface area contributed by atoms with Crippen LogP contribution in [0.25, 0.3) is 0 Å². The van der Waals surface area contributed by atoms with E-state index < -0.39 is 10.0 Å². The molecule has 0 fully saturated rings. The van der Waals surface area contributed by atoms with E-state index in [0.29, 0.717) is 5.02 Å². The third kappa shape index (κ3) is 2.99. The van der Waals surface area contributed by atoms with Crippen LogP contribution in [-0.2, 0) is 23.5 Å². The second-order valence-corrected chi connectivity index (χ2v) is 7.51. The molecule has 1 aliphatic rings. The van der Waals surface area contributed by atoms with Crippen LogP contribution in [0.3, 0.4) is 0 Å². The molecule has 0 bridgehead atoms. The second kappa shape index (κ2) is 5.67. The Morgan fingerprint density at radius 3 is 2.74 bits per heavy atom. The predicted octanol–water partition coefficient (Wildman–Crippen LogP) is 1.74. The number of rotatable bonds is 3. The maximum atomic E-state index is 12.4. The number of hydrogen-bond donors (Lipinski definition) is 2. The number of fused-ring (bicyclic) bond motifs is 1. The van der Waals surface area contributed by atoms with Gasteiger partial charge in [-0.3, -0.25) is 4.79 Å². The first-order valence-corrected chi connectivity index (χ1v) is 8.97. The molecule has 3 N–H and O–H groups in total. The lowest BCUT2D eigenvalue weighted by molar-refractivity contribution is 0.0927. The van der Waals surface area contributed by atoms with Crippen molar-refractivity contribution in [2.75, 3.05) is 0 Å². The highest BCUT2D eigenvalue weighted by Gasteiger charge is 2.26. The number of nitrogens with two attached hydrogens (primary N) is 1. The molecule has 1 aromatic carbocycles. The lowest BCUT2D eigenvalue weighted by atomic mass is 10.1. The average Bonchev–Trinajstić information content (AvgIpc) is 3.02. The van der Waals surface area contributed by atoms with Crippen LogP contribution in [-0.4, -0.2) is 18.9 Å². The SMILES string of the molecule is Cn1c(C(=O)NC2CCc3cc(Cl)ccc32)ccc1S(N)(=O)=O. The maximum Gasteiger partial charge on any atom is 0.268 e. The van der Waals surface area contributed by atoms with Gasteiger partial charge in [-0.2, -0.15) is 0 Å². The van der Waals surface area contributed by atoms with Gasteiger partial charge in [0, 0.05) is 12.1 Å². The number of hydrogen-bond acceptors (Lipinski definition) is 3. The van der Waals surface area contributed by atoms with Gasteiger partial charge in [-0.1, -0.05) is 17.7 Å². The minimum atomic E-state index is -3.86. The van der Waals surface area contributed by atoms with Crippen LogP contribution in [0.1, 0.15) is 34.1 Å². The number of aryl methyl sites for hydroxylation is 1. The van der Waals surface area contributed by atoms with Crippen molar-refractivity contribution in [2.24, 2.45) is 12.2 Å². The van der Waals surface area contributed by atoms with Crippen molar-refractivity contribution in [2.45, 2.75) is 23.9 Å². The summed E-state index contributed by atoms with van der Waals surface area (Å²) in [5, 5.41) is 8.64. The number of carbonyl (C=O) groups excluding carboxylic acids is 1. The zero-order valence-corrected chi connectivity index (χ0v) is 14.0. The van der Waals surface area contributed by atoms with Crippen molar-refractivity contribution in [3.05, 3.63) is 52.2 Å². The normalized spacial score (nSPS) is 17.1. The molecule has 2 aromatic rings. The largest absolute Gasteiger partial charge is 0.344 e. The molecule has 1 heterocycles. The van der Waals surface area contributed by atoms with Crippen LogP contribution < -0.4 is 10.5 Å². The van der Waals surface area contributed by atoms with E-state index in [9.17, 15) is 13.2 Å². The molecule has 3 rings (SSSR count). The number of amides is 1. The number of benzene rings is 1. The number of nitrogens with one attached hydrogen (secondary N) is 1. The molecule has 1 amide bonds. The number of nitrogens with zero attached hydrogens (tertiary/aromatic N) is 1. The van der Waals surface area contributed by atoms with Gasteiger partial charge in [0.2, 0.25) is 0 Å². The first kappa shape index (κ1) is 16.0. The standard InChI is InChI=1S/C15H16ClN3O3S/c1-19-13(6-7-14(19)23(17,21)22)15(20)18-12-5-2-9-8-10(16)3-4-11(9)12/h3-4,6-8,12H,2,5H2,1H3,(H,18,20)(H2,17,21,22).